The number of nitrogens with two attached hydrogens (primary N) is 1. The van der Waals surface area contributed by atoms with Crippen molar-refractivity contribution in [2.45, 2.75) is 38.7 Å². The Balaban J connectivity index is 2.07. The predicted octanol–water partition coefficient (Wildman–Crippen LogP) is 1.22. The van der Waals surface area contributed by atoms with E-state index in [9.17, 15) is 34.2 Å². The summed E-state index contributed by atoms with van der Waals surface area (Å²) in [7, 11) is 3.57. The summed E-state index contributed by atoms with van der Waals surface area (Å²) in [5, 5.41) is 21.1. The van der Waals surface area contributed by atoms with Gasteiger partial charge in [-0.25, -0.2) is 0 Å². The fourth-order valence-corrected chi connectivity index (χ4v) is 5.66. The lowest BCUT2D eigenvalue weighted by Crippen LogP contribution is -2.60. The summed E-state index contributed by atoms with van der Waals surface area (Å²) in [5.41, 5.74) is 3.31. The Hall–Kier alpha value is -4.15. The molecule has 1 amide bonds. The number of phenols is 1. The van der Waals surface area contributed by atoms with E-state index >= 15 is 0 Å². The smallest absolute Gasteiger partial charge is 0.307 e. The number of Topliss-reactive ketones (excluding diaryl/α,β-unsaturated/α-hetero) is 2. The van der Waals surface area contributed by atoms with Gasteiger partial charge < -0.3 is 30.3 Å². The zero-order chi connectivity index (χ0) is 26.7. The van der Waals surface area contributed by atoms with Crippen molar-refractivity contribution in [2.24, 2.45) is 17.6 Å². The van der Waals surface area contributed by atoms with Crippen molar-refractivity contribution < 1.29 is 43.7 Å². The minimum Gasteiger partial charge on any atom is -0.511 e. The van der Waals surface area contributed by atoms with E-state index in [0.717, 1.165) is 13.8 Å². The molecule has 0 bridgehead atoms. The number of carbonyl (C=O) groups excluding carboxylic acids is 5. The van der Waals surface area contributed by atoms with Gasteiger partial charge in [0.15, 0.2) is 11.5 Å². The Morgan fingerprint density at radius 1 is 1.08 bits per heavy atom. The number of carbonyl (C=O) groups is 5. The summed E-state index contributed by atoms with van der Waals surface area (Å²) in [6.07, 6.45) is 0.0213. The van der Waals surface area contributed by atoms with E-state index in [1.165, 1.54) is 6.07 Å². The highest BCUT2D eigenvalue weighted by atomic mass is 16.6. The predicted molar refractivity (Wildman–Crippen MR) is 124 cm³/mol. The number of nitrogens with zero attached hydrogens (tertiary/aromatic N) is 1. The molecule has 190 valence electrons. The first-order chi connectivity index (χ1) is 16.8. The average Bonchev–Trinajstić information content (AvgIpc) is 2.74. The molecule has 1 aromatic rings. The highest BCUT2D eigenvalue weighted by molar-refractivity contribution is 6.25. The van der Waals surface area contributed by atoms with Gasteiger partial charge in [-0.3, -0.25) is 24.0 Å². The third-order valence-corrected chi connectivity index (χ3v) is 6.89. The summed E-state index contributed by atoms with van der Waals surface area (Å²) in [5.74, 6) is -7.94. The third-order valence-electron chi connectivity index (χ3n) is 6.89. The molecule has 0 unspecified atom stereocenters. The van der Waals surface area contributed by atoms with Crippen LogP contribution in [0.25, 0.3) is 0 Å². The largest absolute Gasteiger partial charge is 0.511 e. The number of amides is 1. The Morgan fingerprint density at radius 3 is 2.31 bits per heavy atom. The highest BCUT2D eigenvalue weighted by Crippen LogP contribution is 2.54. The number of benzene rings is 1. The summed E-state index contributed by atoms with van der Waals surface area (Å²) in [6.45, 7) is 2.07. The number of anilines is 1. The Morgan fingerprint density at radius 2 is 1.75 bits per heavy atom. The van der Waals surface area contributed by atoms with Gasteiger partial charge in [0.2, 0.25) is 11.4 Å². The van der Waals surface area contributed by atoms with Crippen LogP contribution in [0, 0.1) is 11.8 Å². The van der Waals surface area contributed by atoms with E-state index in [2.05, 4.69) is 0 Å². The molecule has 11 nitrogen and oxygen atoms in total. The molecule has 0 aromatic heterocycles. The SMILES string of the molecule is CC(=O)OC1=C2C(=O)c3c(O)ccc(N(C)C)c3C[C@H]2C[C@H]2CC(O)=C(C(N)=O)C(=O)[C@@]12OC(C)=O. The number of phenolic OH excluding ortho intramolecular Hbond substituents is 1. The maximum Gasteiger partial charge on any atom is 0.307 e. The number of rotatable bonds is 4. The van der Waals surface area contributed by atoms with Crippen molar-refractivity contribution in [1.82, 2.24) is 0 Å². The van der Waals surface area contributed by atoms with Crippen LogP contribution in [-0.4, -0.2) is 59.3 Å². The van der Waals surface area contributed by atoms with E-state index in [-0.39, 0.29) is 36.1 Å². The second-order valence-corrected chi connectivity index (χ2v) is 9.40. The molecule has 0 aliphatic heterocycles. The Kier molecular flexibility index (Phi) is 5.90. The molecule has 0 spiro atoms. The molecule has 0 heterocycles. The lowest BCUT2D eigenvalue weighted by Gasteiger charge is -2.48. The number of hydrogen-bond donors (Lipinski definition) is 3. The van der Waals surface area contributed by atoms with Crippen LogP contribution in [0.2, 0.25) is 0 Å². The van der Waals surface area contributed by atoms with Crippen molar-refractivity contribution in [3.8, 4) is 5.75 Å². The van der Waals surface area contributed by atoms with E-state index in [0.29, 0.717) is 11.3 Å². The van der Waals surface area contributed by atoms with Crippen molar-refractivity contribution in [1.29, 1.82) is 0 Å². The van der Waals surface area contributed by atoms with Crippen LogP contribution in [0.5, 0.6) is 5.75 Å². The number of esters is 2. The highest BCUT2D eigenvalue weighted by Gasteiger charge is 2.64. The normalized spacial score (nSPS) is 25.0. The topological polar surface area (TPSA) is 174 Å². The van der Waals surface area contributed by atoms with Gasteiger partial charge in [0, 0.05) is 51.5 Å². The number of ketones is 2. The zero-order valence-corrected chi connectivity index (χ0v) is 20.2. The maximum atomic E-state index is 13.9. The molecule has 11 heteroatoms. The van der Waals surface area contributed by atoms with Crippen LogP contribution >= 0.6 is 0 Å². The van der Waals surface area contributed by atoms with E-state index < -0.39 is 63.9 Å². The molecule has 4 N–H and O–H groups in total. The fraction of sp³-hybridized carbons (Fsp3) is 0.400. The standard InChI is InChI=1S/C25H26N2O9/c1-10(28)35-23-18-12(8-14-15(27(3)4)5-6-16(30)19(14)21(18)32)7-13-9-17(31)20(24(26)34)22(33)25(13,23)36-11(2)29/h5-6,12-13,30-31H,7-9H2,1-4H3,(H2,26,34)/t12-,13+,25-/m1/s1. The summed E-state index contributed by atoms with van der Waals surface area (Å²) < 4.78 is 11.0. The molecule has 3 aliphatic carbocycles. The summed E-state index contributed by atoms with van der Waals surface area (Å²) in [6, 6.07) is 3.04. The van der Waals surface area contributed by atoms with Crippen LogP contribution < -0.4 is 10.6 Å². The van der Waals surface area contributed by atoms with Crippen molar-refractivity contribution in [3.05, 3.63) is 45.9 Å². The number of allylic oxidation sites excluding steroid dienone is 2. The number of fused-ring (bicyclic) bond motifs is 3. The Bertz CT molecular complexity index is 1310. The minimum absolute atomic E-state index is 0.0229. The van der Waals surface area contributed by atoms with Gasteiger partial charge >= 0.3 is 11.9 Å². The Labute approximate surface area is 206 Å². The van der Waals surface area contributed by atoms with Crippen LogP contribution in [0.4, 0.5) is 5.69 Å². The van der Waals surface area contributed by atoms with Crippen molar-refractivity contribution >= 4 is 35.1 Å². The van der Waals surface area contributed by atoms with Gasteiger partial charge in [0.1, 0.15) is 17.1 Å². The van der Waals surface area contributed by atoms with E-state index in [4.69, 9.17) is 15.2 Å². The molecule has 3 aliphatic rings. The quantitative estimate of drug-likeness (QED) is 0.404. The van der Waals surface area contributed by atoms with Gasteiger partial charge in [0.05, 0.1) is 5.56 Å². The van der Waals surface area contributed by atoms with Gasteiger partial charge in [-0.05, 0) is 36.5 Å². The van der Waals surface area contributed by atoms with Crippen LogP contribution in [0.1, 0.15) is 42.6 Å². The first kappa shape index (κ1) is 25.0. The van der Waals surface area contributed by atoms with E-state index in [1.54, 1.807) is 25.1 Å². The van der Waals surface area contributed by atoms with Crippen molar-refractivity contribution in [3.63, 3.8) is 0 Å². The summed E-state index contributed by atoms with van der Waals surface area (Å²) >= 11 is 0. The lowest BCUT2D eigenvalue weighted by atomic mass is 9.60. The van der Waals surface area contributed by atoms with Gasteiger partial charge in [-0.1, -0.05) is 0 Å². The number of hydrogen-bond acceptors (Lipinski definition) is 10. The second-order valence-electron chi connectivity index (χ2n) is 9.40. The number of aliphatic hydroxyl groups excluding tert-OH is 1. The molecular formula is C25H26N2O9. The molecule has 0 saturated heterocycles. The van der Waals surface area contributed by atoms with E-state index in [1.807, 2.05) is 0 Å². The average molecular weight is 498 g/mol. The maximum absolute atomic E-state index is 13.9. The molecular weight excluding hydrogens is 472 g/mol. The molecule has 1 aromatic carbocycles. The molecule has 3 atom stereocenters. The van der Waals surface area contributed by atoms with Crippen molar-refractivity contribution in [2.75, 3.05) is 19.0 Å². The minimum atomic E-state index is -2.37. The first-order valence-corrected chi connectivity index (χ1v) is 11.3. The second kappa shape index (κ2) is 8.51. The molecule has 0 radical (unpaired) electrons. The number of ether oxygens (including phenoxy) is 2. The monoisotopic (exact) mass is 498 g/mol. The first-order valence-electron chi connectivity index (χ1n) is 11.3. The van der Waals surface area contributed by atoms with Gasteiger partial charge in [-0.2, -0.15) is 0 Å². The third kappa shape index (κ3) is 3.53. The van der Waals surface area contributed by atoms with Crippen LogP contribution in [0.15, 0.2) is 34.8 Å². The molecule has 4 rings (SSSR count). The lowest BCUT2D eigenvalue weighted by molar-refractivity contribution is -0.177. The molecule has 36 heavy (non-hydrogen) atoms. The van der Waals surface area contributed by atoms with Crippen LogP contribution in [-0.2, 0) is 35.1 Å². The van der Waals surface area contributed by atoms with Crippen LogP contribution in [0.3, 0.4) is 0 Å². The summed E-state index contributed by atoms with van der Waals surface area (Å²) in [4.78, 5) is 65.9. The van der Waals surface area contributed by atoms with Gasteiger partial charge in [0.25, 0.3) is 5.91 Å². The number of aliphatic hydroxyl groups is 1. The van der Waals surface area contributed by atoms with Gasteiger partial charge in [-0.15, -0.1) is 0 Å². The number of primary amides is 1. The number of aromatic hydroxyl groups is 1. The zero-order valence-electron chi connectivity index (χ0n) is 20.2. The fourth-order valence-electron chi connectivity index (χ4n) is 5.66. The molecule has 0 fully saturated rings. The molecule has 0 saturated carbocycles.